The van der Waals surface area contributed by atoms with Gasteiger partial charge in [0.15, 0.2) is 0 Å². The molecule has 1 aromatic carbocycles. The Kier molecular flexibility index (Phi) is 5.41. The normalized spacial score (nSPS) is 12.2. The van der Waals surface area contributed by atoms with Crippen LogP contribution in [0.2, 0.25) is 0 Å². The first-order valence-corrected chi connectivity index (χ1v) is 7.96. The maximum atomic E-state index is 5.83. The highest BCUT2D eigenvalue weighted by Gasteiger charge is 2.03. The third kappa shape index (κ3) is 4.23. The van der Waals surface area contributed by atoms with Crippen molar-refractivity contribution in [2.45, 2.75) is 39.7 Å². The predicted octanol–water partition coefficient (Wildman–Crippen LogP) is 4.28. The maximum Gasteiger partial charge on any atom is 0.121 e. The molecule has 4 heteroatoms. The molecule has 0 bridgehead atoms. The van der Waals surface area contributed by atoms with E-state index < -0.39 is 0 Å². The minimum absolute atomic E-state index is 0.255. The predicted molar refractivity (Wildman–Crippen MR) is 85.9 cm³/mol. The summed E-state index contributed by atoms with van der Waals surface area (Å²) in [5, 5.41) is 3.44. The molecule has 1 N–H and O–H groups in total. The molecule has 0 fully saturated rings. The Balaban J connectivity index is 1.86. The standard InChI is InChI=1S/C16H22N2OS/c1-4-12(2)19-15-7-5-6-14(10-15)17-9-8-16-13(3)18-11-20-16/h5-7,10-12,17H,4,8-9H2,1-3H3. The first-order valence-electron chi connectivity index (χ1n) is 7.08. The van der Waals surface area contributed by atoms with Gasteiger partial charge in [0.25, 0.3) is 0 Å². The third-order valence-electron chi connectivity index (χ3n) is 3.27. The highest BCUT2D eigenvalue weighted by atomic mass is 32.1. The number of thiazole rings is 1. The van der Waals surface area contributed by atoms with E-state index in [2.05, 4.69) is 43.2 Å². The number of nitrogens with zero attached hydrogens (tertiary/aromatic N) is 1. The van der Waals surface area contributed by atoms with Gasteiger partial charge in [-0.05, 0) is 32.4 Å². The van der Waals surface area contributed by atoms with Gasteiger partial charge in [-0.1, -0.05) is 13.0 Å². The number of hydrogen-bond acceptors (Lipinski definition) is 4. The fourth-order valence-corrected chi connectivity index (χ4v) is 2.66. The van der Waals surface area contributed by atoms with Crippen molar-refractivity contribution in [1.29, 1.82) is 0 Å². The van der Waals surface area contributed by atoms with Crippen LogP contribution in [0.4, 0.5) is 5.69 Å². The van der Waals surface area contributed by atoms with Crippen molar-refractivity contribution in [3.63, 3.8) is 0 Å². The van der Waals surface area contributed by atoms with E-state index in [0.29, 0.717) is 0 Å². The summed E-state index contributed by atoms with van der Waals surface area (Å²) < 4.78 is 5.83. The zero-order valence-corrected chi connectivity index (χ0v) is 13.2. The van der Waals surface area contributed by atoms with Gasteiger partial charge in [0, 0.05) is 29.6 Å². The minimum Gasteiger partial charge on any atom is -0.491 e. The Bertz CT molecular complexity index is 539. The molecule has 0 saturated heterocycles. The lowest BCUT2D eigenvalue weighted by Crippen LogP contribution is -2.10. The SMILES string of the molecule is CCC(C)Oc1cccc(NCCc2scnc2C)c1. The summed E-state index contributed by atoms with van der Waals surface area (Å²) >= 11 is 1.72. The molecule has 20 heavy (non-hydrogen) atoms. The molecule has 1 unspecified atom stereocenters. The summed E-state index contributed by atoms with van der Waals surface area (Å²) in [7, 11) is 0. The summed E-state index contributed by atoms with van der Waals surface area (Å²) in [4.78, 5) is 5.62. The lowest BCUT2D eigenvalue weighted by Gasteiger charge is -2.14. The molecule has 0 radical (unpaired) electrons. The number of anilines is 1. The Morgan fingerprint density at radius 3 is 2.95 bits per heavy atom. The lowest BCUT2D eigenvalue weighted by atomic mass is 10.2. The summed E-state index contributed by atoms with van der Waals surface area (Å²) in [5.74, 6) is 0.929. The van der Waals surface area contributed by atoms with Crippen molar-refractivity contribution in [3.05, 3.63) is 40.3 Å². The van der Waals surface area contributed by atoms with Gasteiger partial charge in [-0.2, -0.15) is 0 Å². The average molecular weight is 290 g/mol. The Morgan fingerprint density at radius 2 is 2.25 bits per heavy atom. The molecule has 1 aromatic heterocycles. The molecular formula is C16H22N2OS. The van der Waals surface area contributed by atoms with Crippen molar-refractivity contribution < 1.29 is 4.74 Å². The molecular weight excluding hydrogens is 268 g/mol. The number of aryl methyl sites for hydroxylation is 1. The number of ether oxygens (including phenoxy) is 1. The molecule has 3 nitrogen and oxygen atoms in total. The Morgan fingerprint density at radius 1 is 1.40 bits per heavy atom. The molecule has 108 valence electrons. The van der Waals surface area contributed by atoms with Gasteiger partial charge in [-0.3, -0.25) is 0 Å². The minimum atomic E-state index is 0.255. The third-order valence-corrected chi connectivity index (χ3v) is 4.27. The molecule has 2 rings (SSSR count). The summed E-state index contributed by atoms with van der Waals surface area (Å²) in [5.41, 5.74) is 4.16. The van der Waals surface area contributed by atoms with Gasteiger partial charge < -0.3 is 10.1 Å². The van der Waals surface area contributed by atoms with Gasteiger partial charge in [0.2, 0.25) is 0 Å². The van der Waals surface area contributed by atoms with Gasteiger partial charge in [0.1, 0.15) is 5.75 Å². The summed E-state index contributed by atoms with van der Waals surface area (Å²) in [6.07, 6.45) is 2.28. The van der Waals surface area contributed by atoms with Crippen LogP contribution in [-0.4, -0.2) is 17.6 Å². The second-order valence-corrected chi connectivity index (χ2v) is 5.84. The van der Waals surface area contributed by atoms with Crippen molar-refractivity contribution >= 4 is 17.0 Å². The molecule has 0 aliphatic carbocycles. The molecule has 0 amide bonds. The first kappa shape index (κ1) is 14.9. The second-order valence-electron chi connectivity index (χ2n) is 4.90. The second kappa shape index (κ2) is 7.29. The maximum absolute atomic E-state index is 5.83. The van der Waals surface area contributed by atoms with Gasteiger partial charge >= 0.3 is 0 Å². The van der Waals surface area contributed by atoms with Crippen molar-refractivity contribution in [1.82, 2.24) is 4.98 Å². The topological polar surface area (TPSA) is 34.1 Å². The van der Waals surface area contributed by atoms with Crippen LogP contribution in [0.1, 0.15) is 30.8 Å². The number of nitrogens with one attached hydrogen (secondary N) is 1. The molecule has 1 atom stereocenters. The van der Waals surface area contributed by atoms with E-state index in [1.165, 1.54) is 4.88 Å². The molecule has 2 aromatic rings. The highest BCUT2D eigenvalue weighted by molar-refractivity contribution is 7.09. The van der Waals surface area contributed by atoms with Crippen LogP contribution >= 0.6 is 11.3 Å². The van der Waals surface area contributed by atoms with E-state index in [1.807, 2.05) is 17.6 Å². The van der Waals surface area contributed by atoms with Crippen LogP contribution < -0.4 is 10.1 Å². The van der Waals surface area contributed by atoms with Crippen LogP contribution in [0.15, 0.2) is 29.8 Å². The van der Waals surface area contributed by atoms with Crippen LogP contribution in [0.3, 0.4) is 0 Å². The average Bonchev–Trinajstić information content (AvgIpc) is 2.85. The largest absolute Gasteiger partial charge is 0.491 e. The molecule has 0 aliphatic heterocycles. The Hall–Kier alpha value is -1.55. The van der Waals surface area contributed by atoms with E-state index in [9.17, 15) is 0 Å². The van der Waals surface area contributed by atoms with Crippen molar-refractivity contribution in [2.24, 2.45) is 0 Å². The van der Waals surface area contributed by atoms with E-state index in [-0.39, 0.29) is 6.10 Å². The van der Waals surface area contributed by atoms with Crippen molar-refractivity contribution in [3.8, 4) is 5.75 Å². The number of aromatic nitrogens is 1. The zero-order chi connectivity index (χ0) is 14.4. The van der Waals surface area contributed by atoms with E-state index in [1.54, 1.807) is 11.3 Å². The molecule has 0 saturated carbocycles. The van der Waals surface area contributed by atoms with E-state index in [4.69, 9.17) is 4.74 Å². The van der Waals surface area contributed by atoms with Crippen LogP contribution in [0.25, 0.3) is 0 Å². The van der Waals surface area contributed by atoms with Crippen molar-refractivity contribution in [2.75, 3.05) is 11.9 Å². The Labute approximate surface area is 125 Å². The van der Waals surface area contributed by atoms with Gasteiger partial charge in [0.05, 0.1) is 17.3 Å². The smallest absolute Gasteiger partial charge is 0.121 e. The number of benzene rings is 1. The van der Waals surface area contributed by atoms with Crippen LogP contribution in [-0.2, 0) is 6.42 Å². The highest BCUT2D eigenvalue weighted by Crippen LogP contribution is 2.19. The summed E-state index contributed by atoms with van der Waals surface area (Å²) in [6, 6.07) is 8.16. The number of rotatable bonds is 7. The number of hydrogen-bond donors (Lipinski definition) is 1. The van der Waals surface area contributed by atoms with Gasteiger partial charge in [-0.25, -0.2) is 4.98 Å². The van der Waals surface area contributed by atoms with Crippen LogP contribution in [0, 0.1) is 6.92 Å². The lowest BCUT2D eigenvalue weighted by molar-refractivity contribution is 0.217. The quantitative estimate of drug-likeness (QED) is 0.826. The fourth-order valence-electron chi connectivity index (χ4n) is 1.88. The van der Waals surface area contributed by atoms with E-state index in [0.717, 1.165) is 36.5 Å². The molecule has 0 spiro atoms. The fraction of sp³-hybridized carbons (Fsp3) is 0.438. The monoisotopic (exact) mass is 290 g/mol. The van der Waals surface area contributed by atoms with Crippen LogP contribution in [0.5, 0.6) is 5.75 Å². The summed E-state index contributed by atoms with van der Waals surface area (Å²) in [6.45, 7) is 7.19. The van der Waals surface area contributed by atoms with E-state index >= 15 is 0 Å². The zero-order valence-electron chi connectivity index (χ0n) is 12.3. The first-order chi connectivity index (χ1) is 9.69. The molecule has 0 aliphatic rings. The van der Waals surface area contributed by atoms with Gasteiger partial charge in [-0.15, -0.1) is 11.3 Å². The molecule has 1 heterocycles.